The van der Waals surface area contributed by atoms with Gasteiger partial charge in [-0.2, -0.15) is 0 Å². The Kier molecular flexibility index (Phi) is 4.67. The fraction of sp³-hybridized carbons (Fsp3) is 0.333. The number of carbonyl (C=O) groups is 1. The molecular weight excluding hydrogens is 274 g/mol. The molecule has 1 aliphatic carbocycles. The molecule has 112 valence electrons. The third-order valence-electron chi connectivity index (χ3n) is 4.01. The van der Waals surface area contributed by atoms with Crippen LogP contribution >= 0.6 is 0 Å². The number of benzene rings is 1. The van der Waals surface area contributed by atoms with Gasteiger partial charge in [0, 0.05) is 16.0 Å². The zero-order valence-electron chi connectivity index (χ0n) is 13.1. The van der Waals surface area contributed by atoms with Crippen LogP contribution in [0, 0.1) is 5.41 Å². The lowest BCUT2D eigenvalue weighted by atomic mass is 9.76. The Morgan fingerprint density at radius 1 is 1.41 bits per heavy atom. The molecule has 4 heteroatoms. The number of rotatable bonds is 3. The molecule has 0 aliphatic heterocycles. The second kappa shape index (κ2) is 6.48. The number of carbonyl (C=O) groups excluding carboxylic acids is 1. The van der Waals surface area contributed by atoms with Crippen molar-refractivity contribution >= 4 is 17.5 Å². The summed E-state index contributed by atoms with van der Waals surface area (Å²) in [5, 5.41) is 3.66. The van der Waals surface area contributed by atoms with Crippen molar-refractivity contribution in [3.63, 3.8) is 0 Å². The van der Waals surface area contributed by atoms with E-state index < -0.39 is 0 Å². The number of hydrogen-bond acceptors (Lipinski definition) is 2. The van der Waals surface area contributed by atoms with Crippen molar-refractivity contribution in [1.82, 2.24) is 0 Å². The number of allylic oxidation sites excluding steroid dienone is 3. The van der Waals surface area contributed by atoms with Crippen molar-refractivity contribution in [3.8, 4) is 0 Å². The molecule has 0 spiro atoms. The fourth-order valence-electron chi connectivity index (χ4n) is 2.32. The van der Waals surface area contributed by atoms with Gasteiger partial charge < -0.3 is 0 Å². The van der Waals surface area contributed by atoms with E-state index in [2.05, 4.69) is 15.8 Å². The predicted molar refractivity (Wildman–Crippen MR) is 88.5 cm³/mol. The number of ketones is 1. The molecule has 22 heavy (non-hydrogen) atoms. The maximum atomic E-state index is 12.1. The summed E-state index contributed by atoms with van der Waals surface area (Å²) in [6.07, 6.45) is 5.26. The van der Waals surface area contributed by atoms with Crippen LogP contribution in [0.4, 0.5) is 5.69 Å². The van der Waals surface area contributed by atoms with Crippen molar-refractivity contribution in [2.75, 3.05) is 0 Å². The summed E-state index contributed by atoms with van der Waals surface area (Å²) in [6.45, 7) is 5.91. The molecule has 0 radical (unpaired) electrons. The van der Waals surface area contributed by atoms with E-state index in [0.717, 1.165) is 29.6 Å². The second-order valence-corrected chi connectivity index (χ2v) is 6.08. The Morgan fingerprint density at radius 3 is 2.82 bits per heavy atom. The van der Waals surface area contributed by atoms with Gasteiger partial charge in [-0.3, -0.25) is 4.79 Å². The molecule has 0 saturated heterocycles. The average Bonchev–Trinajstić information content (AvgIpc) is 2.49. The van der Waals surface area contributed by atoms with Crippen molar-refractivity contribution in [3.05, 3.63) is 63.2 Å². The van der Waals surface area contributed by atoms with E-state index in [1.54, 1.807) is 18.2 Å². The number of azide groups is 1. The first-order chi connectivity index (χ1) is 10.4. The van der Waals surface area contributed by atoms with E-state index in [4.69, 9.17) is 5.53 Å². The maximum absolute atomic E-state index is 12.1. The highest BCUT2D eigenvalue weighted by atomic mass is 16.1. The van der Waals surface area contributed by atoms with Gasteiger partial charge in [0.1, 0.15) is 0 Å². The monoisotopic (exact) mass is 293 g/mol. The molecule has 0 N–H and O–H groups in total. The second-order valence-electron chi connectivity index (χ2n) is 6.08. The molecule has 0 aromatic heterocycles. The molecular formula is C18H19N3O. The first-order valence-corrected chi connectivity index (χ1v) is 7.27. The minimum Gasteiger partial charge on any atom is -0.294 e. The third kappa shape index (κ3) is 3.56. The lowest BCUT2D eigenvalue weighted by Gasteiger charge is -2.26. The van der Waals surface area contributed by atoms with Crippen LogP contribution in [-0.2, 0) is 4.79 Å². The molecule has 4 nitrogen and oxygen atoms in total. The van der Waals surface area contributed by atoms with E-state index >= 15 is 0 Å². The van der Waals surface area contributed by atoms with E-state index in [1.165, 1.54) is 0 Å². The Bertz CT molecular complexity index is 743. The Balaban J connectivity index is 2.34. The normalized spacial score (nSPS) is 16.1. The molecule has 0 fully saturated rings. The highest BCUT2D eigenvalue weighted by Gasteiger charge is 2.29. The smallest absolute Gasteiger partial charge is 0.161 e. The summed E-state index contributed by atoms with van der Waals surface area (Å²) in [4.78, 5) is 14.9. The highest BCUT2D eigenvalue weighted by Crippen LogP contribution is 2.33. The van der Waals surface area contributed by atoms with Crippen molar-refractivity contribution in [2.24, 2.45) is 10.5 Å². The van der Waals surface area contributed by atoms with Crippen molar-refractivity contribution in [2.45, 2.75) is 33.6 Å². The summed E-state index contributed by atoms with van der Waals surface area (Å²) in [7, 11) is 0. The third-order valence-corrected chi connectivity index (χ3v) is 4.01. The molecule has 0 heterocycles. The van der Waals surface area contributed by atoms with Gasteiger partial charge in [0.05, 0.1) is 0 Å². The first kappa shape index (κ1) is 15.8. The van der Waals surface area contributed by atoms with Crippen LogP contribution < -0.4 is 0 Å². The zero-order valence-corrected chi connectivity index (χ0v) is 13.1. The zero-order chi connectivity index (χ0) is 16.2. The van der Waals surface area contributed by atoms with Crippen LogP contribution in [0.5, 0.6) is 0 Å². The summed E-state index contributed by atoms with van der Waals surface area (Å²) >= 11 is 0. The van der Waals surface area contributed by atoms with Gasteiger partial charge in [-0.15, -0.1) is 5.73 Å². The van der Waals surface area contributed by atoms with Crippen LogP contribution in [0.3, 0.4) is 0 Å². The molecule has 1 aromatic carbocycles. The minimum atomic E-state index is -0.262. The van der Waals surface area contributed by atoms with Crippen LogP contribution in [0.1, 0.15) is 39.2 Å². The van der Waals surface area contributed by atoms with Crippen LogP contribution in [-0.4, -0.2) is 5.78 Å². The first-order valence-electron chi connectivity index (χ1n) is 7.27. The summed E-state index contributed by atoms with van der Waals surface area (Å²) in [5.41, 5.74) is 14.9. The van der Waals surface area contributed by atoms with E-state index in [0.29, 0.717) is 5.69 Å². The molecule has 1 aliphatic rings. The topological polar surface area (TPSA) is 65.8 Å². The minimum absolute atomic E-state index is 0.171. The molecule has 0 unspecified atom stereocenters. The SMILES string of the molecule is CC(=C=Cc1ccccc1N=[N+]=[N-])C1=CC(=O)C(C)(C)CC1. The van der Waals surface area contributed by atoms with Crippen LogP contribution in [0.2, 0.25) is 0 Å². The van der Waals surface area contributed by atoms with Crippen LogP contribution in [0.25, 0.3) is 16.5 Å². The Labute approximate surface area is 130 Å². The van der Waals surface area contributed by atoms with Gasteiger partial charge in [-0.1, -0.05) is 43.2 Å². The summed E-state index contributed by atoms with van der Waals surface area (Å²) < 4.78 is 0. The Morgan fingerprint density at radius 2 is 2.14 bits per heavy atom. The number of hydrogen-bond donors (Lipinski definition) is 0. The van der Waals surface area contributed by atoms with E-state index in [1.807, 2.05) is 39.0 Å². The van der Waals surface area contributed by atoms with Gasteiger partial charge in [-0.05, 0) is 54.2 Å². The summed E-state index contributed by atoms with van der Waals surface area (Å²) in [6, 6.07) is 7.33. The highest BCUT2D eigenvalue weighted by molar-refractivity contribution is 5.96. The van der Waals surface area contributed by atoms with E-state index in [9.17, 15) is 4.79 Å². The molecule has 0 atom stereocenters. The Hall–Kier alpha value is -2.54. The maximum Gasteiger partial charge on any atom is 0.161 e. The van der Waals surface area contributed by atoms with E-state index in [-0.39, 0.29) is 11.2 Å². The molecule has 0 saturated carbocycles. The number of nitrogens with zero attached hydrogens (tertiary/aromatic N) is 3. The quantitative estimate of drug-likeness (QED) is 0.314. The van der Waals surface area contributed by atoms with Crippen molar-refractivity contribution in [1.29, 1.82) is 0 Å². The van der Waals surface area contributed by atoms with Gasteiger partial charge in [0.15, 0.2) is 5.78 Å². The van der Waals surface area contributed by atoms with Crippen LogP contribution in [0.15, 0.2) is 52.3 Å². The molecule has 1 aromatic rings. The van der Waals surface area contributed by atoms with Gasteiger partial charge in [0.2, 0.25) is 0 Å². The lowest BCUT2D eigenvalue weighted by molar-refractivity contribution is -0.123. The molecule has 0 amide bonds. The molecule has 0 bridgehead atoms. The predicted octanol–water partition coefficient (Wildman–Crippen LogP) is 5.50. The molecule has 2 rings (SSSR count). The van der Waals surface area contributed by atoms with Gasteiger partial charge >= 0.3 is 0 Å². The largest absolute Gasteiger partial charge is 0.294 e. The van der Waals surface area contributed by atoms with Gasteiger partial charge in [0.25, 0.3) is 0 Å². The average molecular weight is 293 g/mol. The van der Waals surface area contributed by atoms with Crippen molar-refractivity contribution < 1.29 is 4.79 Å². The van der Waals surface area contributed by atoms with Gasteiger partial charge in [-0.25, -0.2) is 0 Å². The summed E-state index contributed by atoms with van der Waals surface area (Å²) in [5.74, 6) is 0.171. The standard InChI is InChI=1S/C18H19N3O/c1-13(15-10-11-18(2,3)17(22)12-15)8-9-14-6-4-5-7-16(14)20-21-19/h4-7,9,12H,10-11H2,1-3H3. The lowest BCUT2D eigenvalue weighted by Crippen LogP contribution is -2.26. The fourth-order valence-corrected chi connectivity index (χ4v) is 2.32.